The van der Waals surface area contributed by atoms with E-state index >= 15 is 0 Å². The molecule has 0 aliphatic carbocycles. The Bertz CT molecular complexity index is 549. The summed E-state index contributed by atoms with van der Waals surface area (Å²) in [7, 11) is 0. The maximum atomic E-state index is 10.1. The van der Waals surface area contributed by atoms with E-state index in [0.29, 0.717) is 6.42 Å². The highest BCUT2D eigenvalue weighted by Gasteiger charge is 2.12. The van der Waals surface area contributed by atoms with Gasteiger partial charge in [-0.25, -0.2) is 0 Å². The summed E-state index contributed by atoms with van der Waals surface area (Å²) in [4.78, 5) is 0. The molecule has 0 amide bonds. The van der Waals surface area contributed by atoms with Gasteiger partial charge in [-0.3, -0.25) is 0 Å². The van der Waals surface area contributed by atoms with Crippen LogP contribution >= 0.6 is 0 Å². The van der Waals surface area contributed by atoms with E-state index in [1.54, 1.807) is 6.26 Å². The van der Waals surface area contributed by atoms with Gasteiger partial charge < -0.3 is 9.52 Å². The summed E-state index contributed by atoms with van der Waals surface area (Å²) in [5, 5.41) is 11.2. The number of rotatable bonds is 3. The van der Waals surface area contributed by atoms with Crippen molar-refractivity contribution >= 4 is 11.0 Å². The van der Waals surface area contributed by atoms with Crippen LogP contribution in [0.1, 0.15) is 36.1 Å². The zero-order chi connectivity index (χ0) is 12.4. The Morgan fingerprint density at radius 2 is 2.06 bits per heavy atom. The predicted octanol–water partition coefficient (Wildman–Crippen LogP) is 4.05. The second-order valence-corrected chi connectivity index (χ2v) is 4.44. The van der Waals surface area contributed by atoms with Crippen LogP contribution in [0.15, 0.2) is 35.0 Å². The second-order valence-electron chi connectivity index (χ2n) is 4.44. The molecule has 1 atom stereocenters. The monoisotopic (exact) mass is 230 g/mol. The first kappa shape index (κ1) is 11.9. The van der Waals surface area contributed by atoms with Gasteiger partial charge in [0.15, 0.2) is 0 Å². The summed E-state index contributed by atoms with van der Waals surface area (Å²) in [6.45, 7) is 6.01. The van der Waals surface area contributed by atoms with Crippen molar-refractivity contribution in [3.63, 3.8) is 0 Å². The maximum Gasteiger partial charge on any atom is 0.134 e. The molecule has 0 fully saturated rings. The van der Waals surface area contributed by atoms with Crippen LogP contribution in [0.4, 0.5) is 0 Å². The zero-order valence-corrected chi connectivity index (χ0v) is 10.5. The van der Waals surface area contributed by atoms with Gasteiger partial charge in [0.05, 0.1) is 12.4 Å². The number of aryl methyl sites for hydroxylation is 2. The first-order chi connectivity index (χ1) is 8.13. The van der Waals surface area contributed by atoms with E-state index in [-0.39, 0.29) is 0 Å². The molecule has 1 N–H and O–H groups in total. The molecule has 0 bridgehead atoms. The molecule has 1 aromatic carbocycles. The fourth-order valence-corrected chi connectivity index (χ4v) is 2.08. The van der Waals surface area contributed by atoms with Crippen molar-refractivity contribution in [1.29, 1.82) is 0 Å². The lowest BCUT2D eigenvalue weighted by Crippen LogP contribution is -1.98. The lowest BCUT2D eigenvalue weighted by atomic mass is 9.98. The van der Waals surface area contributed by atoms with Crippen LogP contribution in [0.2, 0.25) is 0 Å². The lowest BCUT2D eigenvalue weighted by Gasteiger charge is -2.11. The van der Waals surface area contributed by atoms with E-state index in [2.05, 4.69) is 6.07 Å². The third-order valence-electron chi connectivity index (χ3n) is 3.11. The Morgan fingerprint density at radius 1 is 1.29 bits per heavy atom. The van der Waals surface area contributed by atoms with Crippen LogP contribution in [0.5, 0.6) is 0 Å². The fourth-order valence-electron chi connectivity index (χ4n) is 2.08. The summed E-state index contributed by atoms with van der Waals surface area (Å²) in [5.41, 5.74) is 4.05. The minimum atomic E-state index is -0.457. The van der Waals surface area contributed by atoms with Gasteiger partial charge in [0.1, 0.15) is 5.58 Å². The topological polar surface area (TPSA) is 33.4 Å². The molecule has 2 rings (SSSR count). The number of furan rings is 1. The number of aliphatic hydroxyl groups excluding tert-OH is 1. The largest absolute Gasteiger partial charge is 0.464 e. The van der Waals surface area contributed by atoms with Crippen molar-refractivity contribution < 1.29 is 9.52 Å². The molecule has 0 spiro atoms. The molecule has 17 heavy (non-hydrogen) atoms. The SMILES string of the molecule is CC=CCC(O)c1cc2occ(C)c2cc1C. The molecule has 90 valence electrons. The quantitative estimate of drug-likeness (QED) is 0.807. The first-order valence-corrected chi connectivity index (χ1v) is 5.91. The van der Waals surface area contributed by atoms with Crippen LogP contribution in [-0.2, 0) is 0 Å². The van der Waals surface area contributed by atoms with Crippen molar-refractivity contribution in [2.24, 2.45) is 0 Å². The molecular formula is C15H18O2. The Kier molecular flexibility index (Phi) is 3.34. The molecule has 2 heteroatoms. The summed E-state index contributed by atoms with van der Waals surface area (Å²) in [6.07, 6.45) is 5.87. The van der Waals surface area contributed by atoms with Crippen LogP contribution in [0.25, 0.3) is 11.0 Å². The Hall–Kier alpha value is -1.54. The van der Waals surface area contributed by atoms with Crippen LogP contribution in [0.3, 0.4) is 0 Å². The third kappa shape index (κ3) is 2.27. The zero-order valence-electron chi connectivity index (χ0n) is 10.5. The average Bonchev–Trinajstić information content (AvgIpc) is 2.67. The molecule has 0 saturated heterocycles. The van der Waals surface area contributed by atoms with Gasteiger partial charge in [-0.05, 0) is 56.0 Å². The summed E-state index contributed by atoms with van der Waals surface area (Å²) >= 11 is 0. The van der Waals surface area contributed by atoms with Crippen molar-refractivity contribution in [2.45, 2.75) is 33.3 Å². The molecule has 0 saturated carbocycles. The molecule has 0 aliphatic heterocycles. The van der Waals surface area contributed by atoms with E-state index < -0.39 is 6.10 Å². The summed E-state index contributed by atoms with van der Waals surface area (Å²) in [5.74, 6) is 0. The van der Waals surface area contributed by atoms with Crippen molar-refractivity contribution in [3.8, 4) is 0 Å². The van der Waals surface area contributed by atoms with E-state index in [9.17, 15) is 5.11 Å². The number of aliphatic hydroxyl groups is 1. The van der Waals surface area contributed by atoms with Gasteiger partial charge >= 0.3 is 0 Å². The van der Waals surface area contributed by atoms with Crippen LogP contribution in [0, 0.1) is 13.8 Å². The Labute approximate surface area is 102 Å². The van der Waals surface area contributed by atoms with E-state index in [1.165, 1.54) is 0 Å². The number of hydrogen-bond donors (Lipinski definition) is 1. The van der Waals surface area contributed by atoms with Crippen molar-refractivity contribution in [1.82, 2.24) is 0 Å². The highest BCUT2D eigenvalue weighted by atomic mass is 16.3. The Balaban J connectivity index is 2.43. The van der Waals surface area contributed by atoms with Crippen molar-refractivity contribution in [2.75, 3.05) is 0 Å². The number of allylic oxidation sites excluding steroid dienone is 1. The predicted molar refractivity (Wildman–Crippen MR) is 70.1 cm³/mol. The van der Waals surface area contributed by atoms with E-state index in [0.717, 1.165) is 27.7 Å². The lowest BCUT2D eigenvalue weighted by molar-refractivity contribution is 0.181. The minimum absolute atomic E-state index is 0.457. The standard InChI is InChI=1S/C15H18O2/c1-4-5-6-14(16)12-8-15-13(7-10(12)2)11(3)9-17-15/h4-5,7-9,14,16H,6H2,1-3H3. The third-order valence-corrected chi connectivity index (χ3v) is 3.11. The van der Waals surface area contributed by atoms with E-state index in [1.807, 2.05) is 39.0 Å². The van der Waals surface area contributed by atoms with Crippen molar-refractivity contribution in [3.05, 3.63) is 47.2 Å². The number of fused-ring (bicyclic) bond motifs is 1. The summed E-state index contributed by atoms with van der Waals surface area (Å²) in [6, 6.07) is 4.04. The molecule has 1 unspecified atom stereocenters. The highest BCUT2D eigenvalue weighted by Crippen LogP contribution is 2.29. The Morgan fingerprint density at radius 3 is 2.76 bits per heavy atom. The molecule has 2 nitrogen and oxygen atoms in total. The van der Waals surface area contributed by atoms with E-state index in [4.69, 9.17) is 4.42 Å². The second kappa shape index (κ2) is 4.76. The first-order valence-electron chi connectivity index (χ1n) is 5.91. The fraction of sp³-hybridized carbons (Fsp3) is 0.333. The normalized spacial score (nSPS) is 13.6. The van der Waals surface area contributed by atoms with Gasteiger partial charge in [-0.15, -0.1) is 0 Å². The highest BCUT2D eigenvalue weighted by molar-refractivity contribution is 5.82. The average molecular weight is 230 g/mol. The molecule has 1 heterocycles. The van der Waals surface area contributed by atoms with Gasteiger partial charge in [0, 0.05) is 5.39 Å². The maximum absolute atomic E-state index is 10.1. The molecular weight excluding hydrogens is 212 g/mol. The van der Waals surface area contributed by atoms with Gasteiger partial charge in [-0.2, -0.15) is 0 Å². The molecule has 0 radical (unpaired) electrons. The van der Waals surface area contributed by atoms with Gasteiger partial charge in [-0.1, -0.05) is 12.2 Å². The van der Waals surface area contributed by atoms with Gasteiger partial charge in [0.25, 0.3) is 0 Å². The van der Waals surface area contributed by atoms with Crippen LogP contribution < -0.4 is 0 Å². The smallest absolute Gasteiger partial charge is 0.134 e. The number of hydrogen-bond acceptors (Lipinski definition) is 2. The molecule has 2 aromatic rings. The molecule has 0 aliphatic rings. The number of benzene rings is 1. The van der Waals surface area contributed by atoms with Gasteiger partial charge in [0.2, 0.25) is 0 Å². The molecule has 1 aromatic heterocycles. The van der Waals surface area contributed by atoms with Crippen LogP contribution in [-0.4, -0.2) is 5.11 Å². The minimum Gasteiger partial charge on any atom is -0.464 e. The summed E-state index contributed by atoms with van der Waals surface area (Å²) < 4.78 is 5.47.